The second-order valence-corrected chi connectivity index (χ2v) is 5.55. The van der Waals surface area contributed by atoms with Gasteiger partial charge in [-0.2, -0.15) is 0 Å². The molecule has 1 heterocycles. The highest BCUT2D eigenvalue weighted by atomic mass is 16.5. The van der Waals surface area contributed by atoms with Crippen LogP contribution in [0.3, 0.4) is 0 Å². The second-order valence-electron chi connectivity index (χ2n) is 5.55. The number of carbonyl (C=O) groups excluding carboxylic acids is 1. The molecule has 1 amide bonds. The number of ether oxygens (including phenoxy) is 3. The molecule has 2 aromatic carbocycles. The van der Waals surface area contributed by atoms with E-state index < -0.39 is 0 Å². The maximum atomic E-state index is 12.0. The van der Waals surface area contributed by atoms with Gasteiger partial charge in [0.1, 0.15) is 0 Å². The van der Waals surface area contributed by atoms with Gasteiger partial charge < -0.3 is 29.3 Å². The molecular weight excluding hydrogens is 348 g/mol. The molecule has 0 radical (unpaired) electrons. The molecule has 0 saturated heterocycles. The summed E-state index contributed by atoms with van der Waals surface area (Å²) in [6.07, 6.45) is 1.46. The molecule has 0 aliphatic heterocycles. The predicted octanol–water partition coefficient (Wildman–Crippen LogP) is 4.30. The average molecular weight is 368 g/mol. The van der Waals surface area contributed by atoms with E-state index in [4.69, 9.17) is 18.6 Å². The number of rotatable bonds is 7. The van der Waals surface area contributed by atoms with Crippen LogP contribution in [0.2, 0.25) is 0 Å². The Morgan fingerprint density at radius 1 is 0.852 bits per heavy atom. The third-order valence-corrected chi connectivity index (χ3v) is 3.84. The number of benzene rings is 2. The van der Waals surface area contributed by atoms with Gasteiger partial charge in [0, 0.05) is 29.2 Å². The predicted molar refractivity (Wildman–Crippen MR) is 102 cm³/mol. The van der Waals surface area contributed by atoms with Gasteiger partial charge >= 0.3 is 0 Å². The van der Waals surface area contributed by atoms with Crippen molar-refractivity contribution < 1.29 is 23.4 Å². The average Bonchev–Trinajstić information content (AvgIpc) is 3.23. The Bertz CT molecular complexity index is 880. The Morgan fingerprint density at radius 2 is 1.48 bits per heavy atom. The summed E-state index contributed by atoms with van der Waals surface area (Å²) in [4.78, 5) is 12.0. The summed E-state index contributed by atoms with van der Waals surface area (Å²) in [5.74, 6) is 1.60. The molecule has 0 spiro atoms. The van der Waals surface area contributed by atoms with Crippen LogP contribution in [0.5, 0.6) is 17.2 Å². The minimum Gasteiger partial charge on any atom is -0.493 e. The SMILES string of the molecule is COc1cc(Nc2ccc(NC(=O)c3ccco3)cc2)cc(OC)c1OC. The van der Waals surface area contributed by atoms with Gasteiger partial charge in [-0.15, -0.1) is 0 Å². The van der Waals surface area contributed by atoms with Gasteiger partial charge in [-0.3, -0.25) is 4.79 Å². The van der Waals surface area contributed by atoms with E-state index in [9.17, 15) is 4.79 Å². The zero-order valence-electron chi connectivity index (χ0n) is 15.2. The summed E-state index contributed by atoms with van der Waals surface area (Å²) >= 11 is 0. The third-order valence-electron chi connectivity index (χ3n) is 3.84. The summed E-state index contributed by atoms with van der Waals surface area (Å²) in [6, 6.07) is 14.2. The molecule has 27 heavy (non-hydrogen) atoms. The number of anilines is 3. The molecule has 0 fully saturated rings. The van der Waals surface area contributed by atoms with Crippen LogP contribution in [0, 0.1) is 0 Å². The summed E-state index contributed by atoms with van der Waals surface area (Å²) in [5, 5.41) is 6.04. The largest absolute Gasteiger partial charge is 0.493 e. The number of nitrogens with one attached hydrogen (secondary N) is 2. The van der Waals surface area contributed by atoms with E-state index in [2.05, 4.69) is 10.6 Å². The number of hydrogen-bond acceptors (Lipinski definition) is 6. The van der Waals surface area contributed by atoms with Gasteiger partial charge in [-0.25, -0.2) is 0 Å². The van der Waals surface area contributed by atoms with Crippen molar-refractivity contribution >= 4 is 23.0 Å². The first-order chi connectivity index (χ1) is 13.1. The van der Waals surface area contributed by atoms with E-state index in [1.807, 2.05) is 24.3 Å². The highest BCUT2D eigenvalue weighted by Gasteiger charge is 2.13. The molecule has 7 heteroatoms. The summed E-state index contributed by atoms with van der Waals surface area (Å²) in [7, 11) is 4.69. The van der Waals surface area contributed by atoms with E-state index in [0.29, 0.717) is 22.9 Å². The summed E-state index contributed by atoms with van der Waals surface area (Å²) in [6.45, 7) is 0. The Labute approximate surface area is 156 Å². The van der Waals surface area contributed by atoms with Crippen LogP contribution in [0.15, 0.2) is 59.2 Å². The lowest BCUT2D eigenvalue weighted by Gasteiger charge is -2.15. The highest BCUT2D eigenvalue weighted by molar-refractivity contribution is 6.02. The number of amides is 1. The van der Waals surface area contributed by atoms with E-state index in [1.165, 1.54) is 6.26 Å². The minimum atomic E-state index is -0.301. The standard InChI is InChI=1S/C20H20N2O5/c1-24-17-11-15(12-18(25-2)19(17)26-3)21-13-6-8-14(9-7-13)22-20(23)16-5-4-10-27-16/h4-12,21H,1-3H3,(H,22,23). The van der Waals surface area contributed by atoms with Crippen LogP contribution in [-0.2, 0) is 0 Å². The van der Waals surface area contributed by atoms with Gasteiger partial charge in [0.05, 0.1) is 27.6 Å². The zero-order valence-corrected chi connectivity index (χ0v) is 15.2. The topological polar surface area (TPSA) is 82.0 Å². The number of methoxy groups -OCH3 is 3. The lowest BCUT2D eigenvalue weighted by atomic mass is 10.2. The van der Waals surface area contributed by atoms with Crippen LogP contribution in [-0.4, -0.2) is 27.2 Å². The molecular formula is C20H20N2O5. The van der Waals surface area contributed by atoms with Crippen molar-refractivity contribution in [1.82, 2.24) is 0 Å². The van der Waals surface area contributed by atoms with E-state index in [0.717, 1.165) is 11.4 Å². The van der Waals surface area contributed by atoms with Crippen molar-refractivity contribution in [2.24, 2.45) is 0 Å². The fourth-order valence-corrected chi connectivity index (χ4v) is 2.56. The maximum absolute atomic E-state index is 12.0. The molecule has 0 atom stereocenters. The fourth-order valence-electron chi connectivity index (χ4n) is 2.56. The minimum absolute atomic E-state index is 0.259. The quantitative estimate of drug-likeness (QED) is 0.647. The van der Waals surface area contributed by atoms with Gasteiger partial charge in [-0.1, -0.05) is 0 Å². The van der Waals surface area contributed by atoms with Gasteiger partial charge in [-0.05, 0) is 36.4 Å². The van der Waals surface area contributed by atoms with Crippen molar-refractivity contribution in [3.63, 3.8) is 0 Å². The molecule has 3 rings (SSSR count). The lowest BCUT2D eigenvalue weighted by Crippen LogP contribution is -2.10. The smallest absolute Gasteiger partial charge is 0.291 e. The Hall–Kier alpha value is -3.61. The fraction of sp³-hybridized carbons (Fsp3) is 0.150. The summed E-state index contributed by atoms with van der Waals surface area (Å²) < 4.78 is 21.1. The number of furan rings is 1. The molecule has 0 bridgehead atoms. The molecule has 0 saturated carbocycles. The highest BCUT2D eigenvalue weighted by Crippen LogP contribution is 2.40. The molecule has 0 aliphatic rings. The van der Waals surface area contributed by atoms with Gasteiger partial charge in [0.25, 0.3) is 5.91 Å². The van der Waals surface area contributed by atoms with Crippen molar-refractivity contribution in [3.8, 4) is 17.2 Å². The molecule has 140 valence electrons. The molecule has 0 unspecified atom stereocenters. The normalized spacial score (nSPS) is 10.2. The Balaban J connectivity index is 1.74. The van der Waals surface area contributed by atoms with Crippen molar-refractivity contribution in [1.29, 1.82) is 0 Å². The molecule has 0 aliphatic carbocycles. The third kappa shape index (κ3) is 4.14. The van der Waals surface area contributed by atoms with Crippen LogP contribution in [0.25, 0.3) is 0 Å². The zero-order chi connectivity index (χ0) is 19.2. The first-order valence-corrected chi connectivity index (χ1v) is 8.16. The monoisotopic (exact) mass is 368 g/mol. The van der Waals surface area contributed by atoms with E-state index >= 15 is 0 Å². The van der Waals surface area contributed by atoms with Crippen LogP contribution in [0.4, 0.5) is 17.1 Å². The van der Waals surface area contributed by atoms with Crippen LogP contribution in [0.1, 0.15) is 10.6 Å². The molecule has 7 nitrogen and oxygen atoms in total. The molecule has 2 N–H and O–H groups in total. The van der Waals surface area contributed by atoms with E-state index in [-0.39, 0.29) is 11.7 Å². The van der Waals surface area contributed by atoms with Crippen molar-refractivity contribution in [3.05, 3.63) is 60.6 Å². The number of carbonyl (C=O) groups is 1. The summed E-state index contributed by atoms with van der Waals surface area (Å²) in [5.41, 5.74) is 2.27. The van der Waals surface area contributed by atoms with Crippen LogP contribution >= 0.6 is 0 Å². The Morgan fingerprint density at radius 3 is 2.00 bits per heavy atom. The second kappa shape index (κ2) is 8.18. The molecule has 3 aromatic rings. The van der Waals surface area contributed by atoms with Crippen molar-refractivity contribution in [2.45, 2.75) is 0 Å². The molecule has 1 aromatic heterocycles. The number of hydrogen-bond donors (Lipinski definition) is 2. The van der Waals surface area contributed by atoms with E-state index in [1.54, 1.807) is 45.6 Å². The van der Waals surface area contributed by atoms with Crippen LogP contribution < -0.4 is 24.8 Å². The lowest BCUT2D eigenvalue weighted by molar-refractivity contribution is 0.0996. The first-order valence-electron chi connectivity index (χ1n) is 8.16. The van der Waals surface area contributed by atoms with Crippen molar-refractivity contribution in [2.75, 3.05) is 32.0 Å². The first kappa shape index (κ1) is 18.2. The van der Waals surface area contributed by atoms with Gasteiger partial charge in [0.15, 0.2) is 17.3 Å². The Kier molecular flexibility index (Phi) is 5.51. The van der Waals surface area contributed by atoms with Gasteiger partial charge in [0.2, 0.25) is 5.75 Å². The maximum Gasteiger partial charge on any atom is 0.291 e.